The molecule has 0 spiro atoms. The molecule has 2 aliphatic rings. The summed E-state index contributed by atoms with van der Waals surface area (Å²) in [6, 6.07) is 6.76. The van der Waals surface area contributed by atoms with Crippen molar-refractivity contribution in [3.05, 3.63) is 41.9 Å². The number of hydrogen-bond acceptors (Lipinski definition) is 5. The van der Waals surface area contributed by atoms with Crippen LogP contribution in [-0.4, -0.2) is 32.7 Å². The molecule has 5 heteroatoms. The van der Waals surface area contributed by atoms with Crippen molar-refractivity contribution < 1.29 is 4.42 Å². The molecule has 0 aromatic carbocycles. The molecular weight excluding hydrogens is 288 g/mol. The summed E-state index contributed by atoms with van der Waals surface area (Å²) in [5.41, 5.74) is 1.19. The smallest absolute Gasteiger partial charge is 0.230 e. The maximum Gasteiger partial charge on any atom is 0.230 e. The molecule has 23 heavy (non-hydrogen) atoms. The van der Waals surface area contributed by atoms with Gasteiger partial charge in [0.25, 0.3) is 0 Å². The molecule has 1 aliphatic carbocycles. The van der Waals surface area contributed by atoms with E-state index in [1.165, 1.54) is 37.8 Å². The summed E-state index contributed by atoms with van der Waals surface area (Å²) in [6.07, 6.45) is 10.3. The lowest BCUT2D eigenvalue weighted by molar-refractivity contribution is 0.120. The minimum Gasteiger partial charge on any atom is -0.424 e. The minimum absolute atomic E-state index is 0.539. The van der Waals surface area contributed by atoms with E-state index in [1.807, 2.05) is 12.3 Å². The molecule has 4 rings (SSSR count). The fourth-order valence-electron chi connectivity index (χ4n) is 3.46. The molecule has 5 nitrogen and oxygen atoms in total. The van der Waals surface area contributed by atoms with Crippen LogP contribution in [-0.2, 0) is 13.0 Å². The van der Waals surface area contributed by atoms with Crippen molar-refractivity contribution in [1.82, 2.24) is 20.1 Å². The van der Waals surface area contributed by atoms with Crippen molar-refractivity contribution in [3.8, 4) is 0 Å². The highest BCUT2D eigenvalue weighted by atomic mass is 16.4. The topological polar surface area (TPSA) is 55.1 Å². The Morgan fingerprint density at radius 3 is 2.91 bits per heavy atom. The maximum absolute atomic E-state index is 5.85. The normalized spacial score (nSPS) is 22.3. The molecule has 0 N–H and O–H groups in total. The van der Waals surface area contributed by atoms with Crippen LogP contribution in [0.1, 0.15) is 61.9 Å². The van der Waals surface area contributed by atoms with Crippen molar-refractivity contribution >= 4 is 0 Å². The van der Waals surface area contributed by atoms with Gasteiger partial charge in [-0.1, -0.05) is 12.5 Å². The summed E-state index contributed by atoms with van der Waals surface area (Å²) in [4.78, 5) is 6.97. The van der Waals surface area contributed by atoms with Crippen LogP contribution >= 0.6 is 0 Å². The first-order valence-electron chi connectivity index (χ1n) is 8.85. The number of rotatable bonds is 6. The van der Waals surface area contributed by atoms with Crippen LogP contribution in [0.15, 0.2) is 28.8 Å². The van der Waals surface area contributed by atoms with Crippen LogP contribution in [0.25, 0.3) is 0 Å². The predicted molar refractivity (Wildman–Crippen MR) is 86.9 cm³/mol. The number of likely N-dealkylation sites (tertiary alicyclic amines) is 1. The maximum atomic E-state index is 5.85. The van der Waals surface area contributed by atoms with E-state index in [-0.39, 0.29) is 0 Å². The number of piperidine rings is 1. The van der Waals surface area contributed by atoms with Crippen molar-refractivity contribution in [2.24, 2.45) is 0 Å². The summed E-state index contributed by atoms with van der Waals surface area (Å²) in [7, 11) is 0. The molecule has 122 valence electrons. The second-order valence-corrected chi connectivity index (χ2v) is 6.79. The van der Waals surface area contributed by atoms with Crippen LogP contribution in [0.4, 0.5) is 0 Å². The predicted octanol–water partition coefficient (Wildman–Crippen LogP) is 3.33. The number of hydrogen-bond donors (Lipinski definition) is 0. The lowest BCUT2D eigenvalue weighted by Crippen LogP contribution is -2.39. The Labute approximate surface area is 137 Å². The Bertz CT molecular complexity index is 623. The van der Waals surface area contributed by atoms with Crippen molar-refractivity contribution in [3.63, 3.8) is 0 Å². The second-order valence-electron chi connectivity index (χ2n) is 6.79. The van der Waals surface area contributed by atoms with E-state index in [9.17, 15) is 0 Å². The Morgan fingerprint density at radius 2 is 2.09 bits per heavy atom. The standard InChI is InChI=1S/C18H24N4O/c1-3-11-19-15(5-1)9-10-16-6-2-4-12-22(16)13-17-20-21-18(23-17)14-7-8-14/h1,3,5,11,14,16H,2,4,6-10,12-13H2/t16-/m1/s1. The van der Waals surface area contributed by atoms with E-state index in [4.69, 9.17) is 4.42 Å². The van der Waals surface area contributed by atoms with Gasteiger partial charge >= 0.3 is 0 Å². The van der Waals surface area contributed by atoms with Crippen LogP contribution in [0.3, 0.4) is 0 Å². The van der Waals surface area contributed by atoms with Crippen molar-refractivity contribution in [2.45, 2.75) is 63.5 Å². The van der Waals surface area contributed by atoms with Crippen LogP contribution < -0.4 is 0 Å². The van der Waals surface area contributed by atoms with Gasteiger partial charge in [0.05, 0.1) is 6.54 Å². The SMILES string of the molecule is c1ccc(CC[C@H]2CCCCN2Cc2nnc(C3CC3)o2)nc1. The van der Waals surface area contributed by atoms with Gasteiger partial charge in [0.1, 0.15) is 0 Å². The third kappa shape index (κ3) is 3.78. The molecule has 2 aromatic rings. The molecule has 0 unspecified atom stereocenters. The van der Waals surface area contributed by atoms with E-state index in [0.29, 0.717) is 12.0 Å². The second kappa shape index (κ2) is 6.79. The molecule has 2 aromatic heterocycles. The first-order chi connectivity index (χ1) is 11.4. The third-order valence-corrected chi connectivity index (χ3v) is 4.96. The van der Waals surface area contributed by atoms with Crippen molar-refractivity contribution in [1.29, 1.82) is 0 Å². The highest BCUT2D eigenvalue weighted by Gasteiger charge is 2.30. The van der Waals surface area contributed by atoms with Gasteiger partial charge in [-0.05, 0) is 57.2 Å². The van der Waals surface area contributed by atoms with Crippen molar-refractivity contribution in [2.75, 3.05) is 6.54 Å². The van der Waals surface area contributed by atoms with E-state index in [1.54, 1.807) is 0 Å². The zero-order valence-corrected chi connectivity index (χ0v) is 13.5. The van der Waals surface area contributed by atoms with Gasteiger partial charge in [-0.15, -0.1) is 10.2 Å². The molecule has 2 fully saturated rings. The van der Waals surface area contributed by atoms with Gasteiger partial charge < -0.3 is 4.42 Å². The average molecular weight is 312 g/mol. The Kier molecular flexibility index (Phi) is 4.37. The largest absolute Gasteiger partial charge is 0.424 e. The van der Waals surface area contributed by atoms with Gasteiger partial charge in [-0.25, -0.2) is 0 Å². The molecule has 1 saturated carbocycles. The summed E-state index contributed by atoms with van der Waals surface area (Å²) in [5.74, 6) is 2.18. The summed E-state index contributed by atoms with van der Waals surface area (Å²) >= 11 is 0. The summed E-state index contributed by atoms with van der Waals surface area (Å²) in [6.45, 7) is 1.93. The molecule has 1 atom stereocenters. The number of nitrogens with zero attached hydrogens (tertiary/aromatic N) is 4. The molecule has 0 radical (unpaired) electrons. The first-order valence-corrected chi connectivity index (χ1v) is 8.85. The van der Waals surface area contributed by atoms with E-state index >= 15 is 0 Å². The van der Waals surface area contributed by atoms with Crippen LogP contribution in [0, 0.1) is 0 Å². The molecule has 0 amide bonds. The zero-order valence-electron chi connectivity index (χ0n) is 13.5. The van der Waals surface area contributed by atoms with Gasteiger partial charge in [0.2, 0.25) is 11.8 Å². The van der Waals surface area contributed by atoms with E-state index in [0.717, 1.165) is 37.7 Å². The highest BCUT2D eigenvalue weighted by Crippen LogP contribution is 2.39. The number of pyridine rings is 1. The lowest BCUT2D eigenvalue weighted by atomic mass is 9.97. The van der Waals surface area contributed by atoms with Gasteiger partial charge in [-0.3, -0.25) is 9.88 Å². The number of aryl methyl sites for hydroxylation is 1. The van der Waals surface area contributed by atoms with E-state index < -0.39 is 0 Å². The Hall–Kier alpha value is -1.75. The molecule has 3 heterocycles. The minimum atomic E-state index is 0.539. The molecule has 1 saturated heterocycles. The quantitative estimate of drug-likeness (QED) is 0.819. The lowest BCUT2D eigenvalue weighted by Gasteiger charge is -2.34. The van der Waals surface area contributed by atoms with Gasteiger partial charge in [0.15, 0.2) is 0 Å². The Morgan fingerprint density at radius 1 is 1.13 bits per heavy atom. The molecule has 1 aliphatic heterocycles. The summed E-state index contributed by atoms with van der Waals surface area (Å²) < 4.78 is 5.85. The van der Waals surface area contributed by atoms with E-state index in [2.05, 4.69) is 32.2 Å². The van der Waals surface area contributed by atoms with Crippen LogP contribution in [0.5, 0.6) is 0 Å². The molecular formula is C18H24N4O. The Balaban J connectivity index is 1.36. The zero-order chi connectivity index (χ0) is 15.5. The van der Waals surface area contributed by atoms with Gasteiger partial charge in [0, 0.05) is 23.9 Å². The highest BCUT2D eigenvalue weighted by molar-refractivity contribution is 5.04. The monoisotopic (exact) mass is 312 g/mol. The fraction of sp³-hybridized carbons (Fsp3) is 0.611. The fourth-order valence-corrected chi connectivity index (χ4v) is 3.46. The van der Waals surface area contributed by atoms with Crippen LogP contribution in [0.2, 0.25) is 0 Å². The average Bonchev–Trinajstić information content (AvgIpc) is 3.35. The summed E-state index contributed by atoms with van der Waals surface area (Å²) in [5, 5.41) is 8.46. The molecule has 0 bridgehead atoms. The number of aromatic nitrogens is 3. The third-order valence-electron chi connectivity index (χ3n) is 4.96. The first kappa shape index (κ1) is 14.8. The van der Waals surface area contributed by atoms with Gasteiger partial charge in [-0.2, -0.15) is 0 Å².